The second-order valence-corrected chi connectivity index (χ2v) is 6.10. The van der Waals surface area contributed by atoms with E-state index < -0.39 is 10.8 Å². The molecule has 0 atom stereocenters. The van der Waals surface area contributed by atoms with Crippen molar-refractivity contribution in [3.05, 3.63) is 12.2 Å². The molecule has 0 aliphatic carbocycles. The monoisotopic (exact) mass is 256 g/mol. The minimum absolute atomic E-state index is 0.486. The molecule has 0 saturated carbocycles. The molecule has 1 aliphatic heterocycles. The third kappa shape index (κ3) is 3.61. The van der Waals surface area contributed by atoms with Crippen LogP contribution in [0.2, 0.25) is 0 Å². The van der Waals surface area contributed by atoms with Gasteiger partial charge in [-0.15, -0.1) is 0 Å². The number of hydrogen-bond donors (Lipinski definition) is 1. The largest absolute Gasteiger partial charge is 0.307 e. The zero-order valence-electron chi connectivity index (χ0n) is 10.3. The topological polar surface area (TPSA) is 59.8 Å². The molecular formula is C11H20N4OS. The normalized spacial score (nSPS) is 25.0. The average molecular weight is 256 g/mol. The molecule has 5 nitrogen and oxygen atoms in total. The Morgan fingerprint density at radius 1 is 1.53 bits per heavy atom. The van der Waals surface area contributed by atoms with Gasteiger partial charge in [-0.25, -0.2) is 9.67 Å². The van der Waals surface area contributed by atoms with E-state index in [-0.39, 0.29) is 0 Å². The maximum absolute atomic E-state index is 11.2. The van der Waals surface area contributed by atoms with Gasteiger partial charge in [0.25, 0.3) is 0 Å². The quantitative estimate of drug-likeness (QED) is 0.842. The molecule has 0 spiro atoms. The molecule has 17 heavy (non-hydrogen) atoms. The molecule has 1 aliphatic rings. The Labute approximate surface area is 104 Å². The van der Waals surface area contributed by atoms with Crippen LogP contribution in [0, 0.1) is 0 Å². The third-order valence-electron chi connectivity index (χ3n) is 3.07. The summed E-state index contributed by atoms with van der Waals surface area (Å²) in [7, 11) is -0.582. The molecule has 0 bridgehead atoms. The van der Waals surface area contributed by atoms with Crippen molar-refractivity contribution in [2.75, 3.05) is 11.5 Å². The maximum Gasteiger partial charge on any atom is 0.140 e. The van der Waals surface area contributed by atoms with Gasteiger partial charge in [-0.2, -0.15) is 5.10 Å². The minimum Gasteiger partial charge on any atom is -0.307 e. The van der Waals surface area contributed by atoms with E-state index in [9.17, 15) is 4.21 Å². The van der Waals surface area contributed by atoms with Gasteiger partial charge in [0.05, 0.1) is 6.54 Å². The van der Waals surface area contributed by atoms with Crippen LogP contribution in [0.5, 0.6) is 0 Å². The number of aromatic nitrogens is 3. The summed E-state index contributed by atoms with van der Waals surface area (Å²) in [5.41, 5.74) is 0. The summed E-state index contributed by atoms with van der Waals surface area (Å²) in [6.45, 7) is 3.82. The number of aryl methyl sites for hydroxylation is 1. The Kier molecular flexibility index (Phi) is 4.67. The van der Waals surface area contributed by atoms with Crippen LogP contribution in [0.1, 0.15) is 32.0 Å². The van der Waals surface area contributed by atoms with Crippen LogP contribution in [0.3, 0.4) is 0 Å². The summed E-state index contributed by atoms with van der Waals surface area (Å²) in [5.74, 6) is 2.66. The minimum atomic E-state index is -0.582. The van der Waals surface area contributed by atoms with Gasteiger partial charge in [0.15, 0.2) is 0 Å². The van der Waals surface area contributed by atoms with E-state index in [1.165, 1.54) is 0 Å². The maximum atomic E-state index is 11.2. The van der Waals surface area contributed by atoms with Gasteiger partial charge in [0, 0.05) is 34.9 Å². The Morgan fingerprint density at radius 3 is 3.00 bits per heavy atom. The van der Waals surface area contributed by atoms with Gasteiger partial charge < -0.3 is 5.32 Å². The van der Waals surface area contributed by atoms with Crippen LogP contribution < -0.4 is 5.32 Å². The fourth-order valence-corrected chi connectivity index (χ4v) is 3.36. The van der Waals surface area contributed by atoms with Gasteiger partial charge in [-0.1, -0.05) is 6.92 Å². The zero-order valence-corrected chi connectivity index (χ0v) is 11.1. The first-order valence-electron chi connectivity index (χ1n) is 6.24. The SMILES string of the molecule is CCCn1ncnc1CNC1CCS(=O)CC1. The van der Waals surface area contributed by atoms with Gasteiger partial charge >= 0.3 is 0 Å². The highest BCUT2D eigenvalue weighted by molar-refractivity contribution is 7.85. The van der Waals surface area contributed by atoms with Crippen molar-refractivity contribution in [1.82, 2.24) is 20.1 Å². The van der Waals surface area contributed by atoms with E-state index in [4.69, 9.17) is 0 Å². The lowest BCUT2D eigenvalue weighted by molar-refractivity contribution is 0.452. The molecule has 0 amide bonds. The van der Waals surface area contributed by atoms with E-state index in [1.54, 1.807) is 6.33 Å². The second kappa shape index (κ2) is 6.26. The highest BCUT2D eigenvalue weighted by Gasteiger charge is 2.17. The molecule has 0 radical (unpaired) electrons. The summed E-state index contributed by atoms with van der Waals surface area (Å²) in [4.78, 5) is 4.26. The lowest BCUT2D eigenvalue weighted by atomic mass is 10.1. The van der Waals surface area contributed by atoms with Crippen molar-refractivity contribution < 1.29 is 4.21 Å². The van der Waals surface area contributed by atoms with Crippen molar-refractivity contribution >= 4 is 10.8 Å². The molecule has 1 N–H and O–H groups in total. The molecule has 2 heterocycles. The molecule has 0 unspecified atom stereocenters. The fourth-order valence-electron chi connectivity index (χ4n) is 2.06. The lowest BCUT2D eigenvalue weighted by Gasteiger charge is -2.22. The van der Waals surface area contributed by atoms with Crippen molar-refractivity contribution in [2.45, 2.75) is 45.3 Å². The number of nitrogens with one attached hydrogen (secondary N) is 1. The van der Waals surface area contributed by atoms with E-state index >= 15 is 0 Å². The van der Waals surface area contributed by atoms with Crippen molar-refractivity contribution in [3.8, 4) is 0 Å². The predicted molar refractivity (Wildman–Crippen MR) is 68.1 cm³/mol. The molecule has 1 aromatic heterocycles. The van der Waals surface area contributed by atoms with Gasteiger partial charge in [0.2, 0.25) is 0 Å². The van der Waals surface area contributed by atoms with Crippen LogP contribution in [-0.4, -0.2) is 36.5 Å². The van der Waals surface area contributed by atoms with Crippen LogP contribution >= 0.6 is 0 Å². The lowest BCUT2D eigenvalue weighted by Crippen LogP contribution is -2.36. The Morgan fingerprint density at radius 2 is 2.29 bits per heavy atom. The van der Waals surface area contributed by atoms with E-state index in [1.807, 2.05) is 4.68 Å². The Hall–Kier alpha value is -0.750. The molecule has 1 aromatic rings. The zero-order chi connectivity index (χ0) is 12.1. The first kappa shape index (κ1) is 12.7. The van der Waals surface area contributed by atoms with Crippen molar-refractivity contribution in [2.24, 2.45) is 0 Å². The summed E-state index contributed by atoms with van der Waals surface area (Å²) >= 11 is 0. The van der Waals surface area contributed by atoms with Crippen LogP contribution in [-0.2, 0) is 23.9 Å². The first-order chi connectivity index (χ1) is 8.29. The smallest absolute Gasteiger partial charge is 0.140 e. The summed E-state index contributed by atoms with van der Waals surface area (Å²) < 4.78 is 13.2. The van der Waals surface area contributed by atoms with Gasteiger partial charge in [-0.05, 0) is 19.3 Å². The third-order valence-corrected chi connectivity index (χ3v) is 4.45. The molecule has 1 saturated heterocycles. The van der Waals surface area contributed by atoms with Gasteiger partial charge in [-0.3, -0.25) is 4.21 Å². The molecule has 2 rings (SSSR count). The van der Waals surface area contributed by atoms with E-state index in [0.717, 1.165) is 49.7 Å². The standard InChI is InChI=1S/C11H20N4OS/c1-2-5-15-11(13-9-14-15)8-12-10-3-6-17(16)7-4-10/h9-10,12H,2-8H2,1H3. The molecule has 6 heteroatoms. The number of rotatable bonds is 5. The highest BCUT2D eigenvalue weighted by atomic mass is 32.2. The van der Waals surface area contributed by atoms with Crippen molar-refractivity contribution in [3.63, 3.8) is 0 Å². The predicted octanol–water partition coefficient (Wildman–Crippen LogP) is 0.689. The van der Waals surface area contributed by atoms with E-state index in [2.05, 4.69) is 22.3 Å². The highest BCUT2D eigenvalue weighted by Crippen LogP contribution is 2.09. The summed E-state index contributed by atoms with van der Waals surface area (Å²) in [6, 6.07) is 0.486. The van der Waals surface area contributed by atoms with E-state index in [0.29, 0.717) is 6.04 Å². The molecule has 1 fully saturated rings. The van der Waals surface area contributed by atoms with Gasteiger partial charge in [0.1, 0.15) is 12.2 Å². The summed E-state index contributed by atoms with van der Waals surface area (Å²) in [5, 5.41) is 7.68. The number of nitrogens with zero attached hydrogens (tertiary/aromatic N) is 3. The Balaban J connectivity index is 1.81. The van der Waals surface area contributed by atoms with Crippen molar-refractivity contribution in [1.29, 1.82) is 0 Å². The fraction of sp³-hybridized carbons (Fsp3) is 0.818. The number of hydrogen-bond acceptors (Lipinski definition) is 4. The molecular weight excluding hydrogens is 236 g/mol. The average Bonchev–Trinajstić information content (AvgIpc) is 2.77. The molecule has 96 valence electrons. The summed E-state index contributed by atoms with van der Waals surface area (Å²) in [6.07, 6.45) is 4.70. The van der Waals surface area contributed by atoms with Crippen LogP contribution in [0.4, 0.5) is 0 Å². The molecule has 0 aromatic carbocycles. The second-order valence-electron chi connectivity index (χ2n) is 4.40. The van der Waals surface area contributed by atoms with Crippen LogP contribution in [0.25, 0.3) is 0 Å². The first-order valence-corrected chi connectivity index (χ1v) is 7.73. The van der Waals surface area contributed by atoms with Crippen LogP contribution in [0.15, 0.2) is 6.33 Å². The Bertz CT molecular complexity index is 369.